The summed E-state index contributed by atoms with van der Waals surface area (Å²) in [4.78, 5) is 12.5. The molecule has 138 valence electrons. The Bertz CT molecular complexity index is 839. The summed E-state index contributed by atoms with van der Waals surface area (Å²) >= 11 is 1.33. The molecular weight excluding hydrogens is 346 g/mol. The molecule has 6 nitrogen and oxygen atoms in total. The number of aryl methyl sites for hydroxylation is 1. The number of hydrogen-bond acceptors (Lipinski definition) is 5. The van der Waals surface area contributed by atoms with Gasteiger partial charge in [0.15, 0.2) is 11.0 Å². The zero-order chi connectivity index (χ0) is 19.5. The number of amides is 1. The fourth-order valence-corrected chi connectivity index (χ4v) is 3.16. The molecule has 2 rings (SSSR count). The summed E-state index contributed by atoms with van der Waals surface area (Å²) in [6, 6.07) is 10.2. The van der Waals surface area contributed by atoms with Crippen molar-refractivity contribution in [1.29, 1.82) is 5.26 Å². The van der Waals surface area contributed by atoms with E-state index in [0.29, 0.717) is 5.16 Å². The van der Waals surface area contributed by atoms with Gasteiger partial charge in [0, 0.05) is 12.6 Å². The molecule has 1 heterocycles. The van der Waals surface area contributed by atoms with Crippen molar-refractivity contribution in [3.63, 3.8) is 0 Å². The van der Waals surface area contributed by atoms with E-state index in [1.807, 2.05) is 56.7 Å². The number of carbonyl (C=O) groups is 1. The van der Waals surface area contributed by atoms with E-state index in [9.17, 15) is 10.1 Å². The summed E-state index contributed by atoms with van der Waals surface area (Å²) in [5.41, 5.74) is 1.24. The molecule has 1 N–H and O–H groups in total. The SMILES string of the molecule is Cc1ccccc1-c1nnc(SC(C)C(=O)NC(C)(C#N)C(C)C)n1C. The molecule has 0 aliphatic carbocycles. The topological polar surface area (TPSA) is 83.6 Å². The fraction of sp³-hybridized carbons (Fsp3) is 0.474. The monoisotopic (exact) mass is 371 g/mol. The molecule has 0 saturated heterocycles. The molecule has 2 atom stereocenters. The smallest absolute Gasteiger partial charge is 0.234 e. The second-order valence-electron chi connectivity index (χ2n) is 6.90. The molecule has 0 spiro atoms. The molecule has 0 saturated carbocycles. The minimum atomic E-state index is -0.891. The normalized spacial score (nSPS) is 14.5. The maximum atomic E-state index is 12.5. The van der Waals surface area contributed by atoms with Crippen LogP contribution in [0.2, 0.25) is 0 Å². The molecular formula is C19H25N5OS. The van der Waals surface area contributed by atoms with Crippen LogP contribution < -0.4 is 5.32 Å². The van der Waals surface area contributed by atoms with Crippen LogP contribution in [0.5, 0.6) is 0 Å². The Labute approximate surface area is 159 Å². The number of benzene rings is 1. The minimum Gasteiger partial charge on any atom is -0.337 e. The zero-order valence-electron chi connectivity index (χ0n) is 16.1. The van der Waals surface area contributed by atoms with Crippen LogP contribution in [0.4, 0.5) is 0 Å². The van der Waals surface area contributed by atoms with E-state index < -0.39 is 10.8 Å². The molecule has 26 heavy (non-hydrogen) atoms. The van der Waals surface area contributed by atoms with Gasteiger partial charge in [0.2, 0.25) is 5.91 Å². The number of nitriles is 1. The van der Waals surface area contributed by atoms with E-state index in [1.54, 1.807) is 13.8 Å². The summed E-state index contributed by atoms with van der Waals surface area (Å²) < 4.78 is 1.89. The summed E-state index contributed by atoms with van der Waals surface area (Å²) in [6.07, 6.45) is 0. The van der Waals surface area contributed by atoms with Crippen molar-refractivity contribution in [1.82, 2.24) is 20.1 Å². The first-order valence-electron chi connectivity index (χ1n) is 8.55. The third kappa shape index (κ3) is 4.07. The molecule has 2 aromatic rings. The number of rotatable bonds is 6. The van der Waals surface area contributed by atoms with Gasteiger partial charge in [0.25, 0.3) is 0 Å². The lowest BCUT2D eigenvalue weighted by molar-refractivity contribution is -0.121. The van der Waals surface area contributed by atoms with Crippen LogP contribution in [0.25, 0.3) is 11.4 Å². The second-order valence-corrected chi connectivity index (χ2v) is 8.21. The van der Waals surface area contributed by atoms with Crippen LogP contribution in [0.1, 0.15) is 33.3 Å². The van der Waals surface area contributed by atoms with Crippen LogP contribution in [-0.2, 0) is 11.8 Å². The van der Waals surface area contributed by atoms with Gasteiger partial charge in [0.05, 0.1) is 11.3 Å². The number of carbonyl (C=O) groups excluding carboxylic acids is 1. The highest BCUT2D eigenvalue weighted by atomic mass is 32.2. The van der Waals surface area contributed by atoms with Crippen molar-refractivity contribution in [2.24, 2.45) is 13.0 Å². The maximum Gasteiger partial charge on any atom is 0.234 e. The Kier molecular flexibility index (Phi) is 6.09. The lowest BCUT2D eigenvalue weighted by Crippen LogP contribution is -2.51. The summed E-state index contributed by atoms with van der Waals surface area (Å²) in [6.45, 7) is 9.41. The molecule has 0 aliphatic heterocycles. The zero-order valence-corrected chi connectivity index (χ0v) is 16.9. The molecule has 1 aromatic carbocycles. The Morgan fingerprint density at radius 2 is 1.96 bits per heavy atom. The molecule has 7 heteroatoms. The van der Waals surface area contributed by atoms with E-state index in [2.05, 4.69) is 21.6 Å². The standard InChI is InChI=1S/C19H25N5OS/c1-12(2)19(5,11-20)21-17(25)14(4)26-18-23-22-16(24(18)6)15-10-8-7-9-13(15)3/h7-10,12,14H,1-6H3,(H,21,25). The number of nitrogens with one attached hydrogen (secondary N) is 1. The van der Waals surface area contributed by atoms with Crippen LogP contribution in [0.3, 0.4) is 0 Å². The minimum absolute atomic E-state index is 0.0103. The van der Waals surface area contributed by atoms with Crippen LogP contribution >= 0.6 is 11.8 Å². The third-order valence-electron chi connectivity index (χ3n) is 4.64. The number of hydrogen-bond donors (Lipinski definition) is 1. The number of nitrogens with zero attached hydrogens (tertiary/aromatic N) is 4. The van der Waals surface area contributed by atoms with Crippen LogP contribution in [0.15, 0.2) is 29.4 Å². The van der Waals surface area contributed by atoms with Crippen molar-refractivity contribution in [3.8, 4) is 17.5 Å². The lowest BCUT2D eigenvalue weighted by atomic mass is 9.90. The molecule has 0 aliphatic rings. The first kappa shape index (κ1) is 20.0. The first-order valence-corrected chi connectivity index (χ1v) is 9.43. The molecule has 2 unspecified atom stereocenters. The highest BCUT2D eigenvalue weighted by Crippen LogP contribution is 2.27. The van der Waals surface area contributed by atoms with E-state index in [4.69, 9.17) is 0 Å². The van der Waals surface area contributed by atoms with E-state index >= 15 is 0 Å². The Hall–Kier alpha value is -2.33. The van der Waals surface area contributed by atoms with Gasteiger partial charge < -0.3 is 9.88 Å². The van der Waals surface area contributed by atoms with E-state index in [1.165, 1.54) is 11.8 Å². The van der Waals surface area contributed by atoms with E-state index in [-0.39, 0.29) is 11.8 Å². The molecule has 0 bridgehead atoms. The van der Waals surface area contributed by atoms with Gasteiger partial charge in [-0.3, -0.25) is 4.79 Å². The van der Waals surface area contributed by atoms with Gasteiger partial charge in [-0.05, 0) is 32.3 Å². The van der Waals surface area contributed by atoms with Gasteiger partial charge in [-0.2, -0.15) is 5.26 Å². The number of aromatic nitrogens is 3. The highest BCUT2D eigenvalue weighted by Gasteiger charge is 2.32. The van der Waals surface area contributed by atoms with Crippen LogP contribution in [0, 0.1) is 24.2 Å². The lowest BCUT2D eigenvalue weighted by Gasteiger charge is -2.28. The predicted molar refractivity (Wildman–Crippen MR) is 103 cm³/mol. The van der Waals surface area contributed by atoms with Crippen molar-refractivity contribution in [2.75, 3.05) is 0 Å². The highest BCUT2D eigenvalue weighted by molar-refractivity contribution is 8.00. The average Bonchev–Trinajstić information content (AvgIpc) is 2.95. The first-order chi connectivity index (χ1) is 12.2. The van der Waals surface area contributed by atoms with Gasteiger partial charge in [-0.15, -0.1) is 10.2 Å². The number of thioether (sulfide) groups is 1. The Morgan fingerprint density at radius 1 is 1.31 bits per heavy atom. The van der Waals surface area contributed by atoms with E-state index in [0.717, 1.165) is 17.0 Å². The van der Waals surface area contributed by atoms with Gasteiger partial charge in [-0.25, -0.2) is 0 Å². The Balaban J connectivity index is 2.16. The van der Waals surface area contributed by atoms with Crippen molar-refractivity contribution in [2.45, 2.75) is 50.6 Å². The van der Waals surface area contributed by atoms with Gasteiger partial charge >= 0.3 is 0 Å². The predicted octanol–water partition coefficient (Wildman–Crippen LogP) is 3.33. The second kappa shape index (κ2) is 7.92. The van der Waals surface area contributed by atoms with Crippen molar-refractivity contribution in [3.05, 3.63) is 29.8 Å². The molecule has 1 aromatic heterocycles. The molecule has 0 radical (unpaired) electrons. The van der Waals surface area contributed by atoms with Crippen molar-refractivity contribution < 1.29 is 4.79 Å². The summed E-state index contributed by atoms with van der Waals surface area (Å²) in [7, 11) is 1.89. The average molecular weight is 372 g/mol. The van der Waals surface area contributed by atoms with Gasteiger partial charge in [-0.1, -0.05) is 49.9 Å². The third-order valence-corrected chi connectivity index (χ3v) is 5.78. The Morgan fingerprint density at radius 3 is 2.54 bits per heavy atom. The molecule has 1 amide bonds. The van der Waals surface area contributed by atoms with Gasteiger partial charge in [0.1, 0.15) is 5.54 Å². The molecule has 0 fully saturated rings. The van der Waals surface area contributed by atoms with Crippen molar-refractivity contribution >= 4 is 17.7 Å². The summed E-state index contributed by atoms with van der Waals surface area (Å²) in [5.74, 6) is 0.589. The fourth-order valence-electron chi connectivity index (χ4n) is 2.35. The van der Waals surface area contributed by atoms with Crippen LogP contribution in [-0.4, -0.2) is 31.5 Å². The largest absolute Gasteiger partial charge is 0.337 e. The summed E-state index contributed by atoms with van der Waals surface area (Å²) in [5, 5.41) is 21.0. The maximum absolute atomic E-state index is 12.5. The quantitative estimate of drug-likeness (QED) is 0.788.